The summed E-state index contributed by atoms with van der Waals surface area (Å²) >= 11 is 0. The van der Waals surface area contributed by atoms with E-state index in [1.165, 1.54) is 95.1 Å². The van der Waals surface area contributed by atoms with Gasteiger partial charge in [0.1, 0.15) is 97.2 Å². The maximum Gasteiger partial charge on any atom is 0.128 e. The fourth-order valence-corrected chi connectivity index (χ4v) is 6.53. The van der Waals surface area contributed by atoms with Crippen LogP contribution in [0.5, 0.6) is 0 Å². The Kier molecular flexibility index (Phi) is 145. The van der Waals surface area contributed by atoms with Crippen molar-refractivity contribution in [3.05, 3.63) is 435 Å². The first-order valence-electron chi connectivity index (χ1n) is 47.1. The van der Waals surface area contributed by atoms with Crippen molar-refractivity contribution in [3.8, 4) is 0 Å². The lowest BCUT2D eigenvalue weighted by molar-refractivity contribution is 0.973. The van der Waals surface area contributed by atoms with Crippen molar-refractivity contribution < 1.29 is 0 Å². The maximum absolute atomic E-state index is 3.87. The van der Waals surface area contributed by atoms with Crippen LogP contribution in [-0.4, -0.2) is 120 Å². The Morgan fingerprint density at radius 2 is 0.206 bits per heavy atom. The average molecular weight is 1860 g/mol. The number of rotatable bonds is 0. The topological polar surface area (TPSA) is 309 Å². The Morgan fingerprint density at radius 1 is 0.103 bits per heavy atom. The van der Waals surface area contributed by atoms with E-state index in [-0.39, 0.29) is 0 Å². The molecule has 0 saturated heterocycles. The second-order valence-corrected chi connectivity index (χ2v) is 22.6. The highest BCUT2D eigenvalue weighted by Gasteiger charge is 1.84. The molecule has 12 heterocycles. The van der Waals surface area contributed by atoms with Gasteiger partial charge in [0.2, 0.25) is 0 Å². The maximum atomic E-state index is 3.87. The lowest BCUT2D eigenvalue weighted by atomic mass is 10.2. The van der Waals surface area contributed by atoms with Gasteiger partial charge in [0.05, 0.1) is 0 Å². The zero-order chi connectivity index (χ0) is 106. The highest BCUT2D eigenvalue weighted by atomic mass is 15.0. The van der Waals surface area contributed by atoms with Gasteiger partial charge in [0.15, 0.2) is 0 Å². The molecule has 0 amide bonds. The van der Waals surface area contributed by atoms with E-state index in [0.717, 1.165) is 46.6 Å². The molecule has 0 unspecified atom stereocenters. The van der Waals surface area contributed by atoms with E-state index in [2.05, 4.69) is 196 Å². The third-order valence-electron chi connectivity index (χ3n) is 12.4. The summed E-state index contributed by atoms with van der Waals surface area (Å²) in [5.74, 6) is 6.32. The molecule has 0 saturated carbocycles. The molecule has 16 rings (SSSR count). The molecular weight excluding hydrogens is 1680 g/mol. The van der Waals surface area contributed by atoms with Crippen molar-refractivity contribution in [2.75, 3.05) is 0 Å². The number of hydrogen-bond acceptors (Lipinski definition) is 24. The van der Waals surface area contributed by atoms with Crippen LogP contribution in [-0.2, 0) is 0 Å². The highest BCUT2D eigenvalue weighted by molar-refractivity contribution is 5.15. The van der Waals surface area contributed by atoms with Gasteiger partial charge in [0.25, 0.3) is 0 Å². The van der Waals surface area contributed by atoms with Crippen molar-refractivity contribution in [1.29, 1.82) is 0 Å². The minimum Gasteiger partial charge on any atom is -0.265 e. The first kappa shape index (κ1) is 147. The van der Waals surface area contributed by atoms with Crippen LogP contribution in [0, 0.1) is 111 Å². The van der Waals surface area contributed by atoms with Crippen LogP contribution in [0.4, 0.5) is 0 Å². The second-order valence-electron chi connectivity index (χ2n) is 22.6. The van der Waals surface area contributed by atoms with Gasteiger partial charge in [-0.3, -0.25) is 19.9 Å². The van der Waals surface area contributed by atoms with Crippen LogP contribution in [0.15, 0.2) is 344 Å². The summed E-state index contributed by atoms with van der Waals surface area (Å²) in [5.41, 5.74) is 10.3. The standard InChI is InChI=1S/4C7H8.4C6H7N.4C5H6N2.4C4H5N3.12C2H6/c4*1-7-5-3-2-4-6-7;4*1-6-2-4-7-5-3-6;4*1-5-6-3-2-4-7-5;4*1-4-6-2-5-3-7-4;12*1-2/h4*2-6H,1H3;4*2-5H,1H3;4*2-4H,1H3;4*2-3H,1H3;12*1-2H3. The zero-order valence-electron chi connectivity index (χ0n) is 91.1. The zero-order valence-corrected chi connectivity index (χ0v) is 91.1. The number of aryl methyl sites for hydroxylation is 16. The molecule has 0 atom stereocenters. The Hall–Kier alpha value is -14.2. The molecule has 0 radical (unpaired) electrons. The van der Waals surface area contributed by atoms with E-state index in [1.54, 1.807) is 123 Å². The molecule has 0 fully saturated rings. The van der Waals surface area contributed by atoms with E-state index >= 15 is 0 Å². The number of benzene rings is 4. The van der Waals surface area contributed by atoms with E-state index in [0.29, 0.717) is 0 Å². The lowest BCUT2D eigenvalue weighted by Gasteiger charge is -1.82. The molecule has 0 aliphatic rings. The predicted octanol–water partition coefficient (Wildman–Crippen LogP) is 29.7. The molecule has 4 aromatic carbocycles. The van der Waals surface area contributed by atoms with Crippen LogP contribution in [0.2, 0.25) is 0 Å². The summed E-state index contributed by atoms with van der Waals surface area (Å²) in [7, 11) is 0. The average Bonchev–Trinajstić information content (AvgIpc) is 1.19. The van der Waals surface area contributed by atoms with E-state index in [9.17, 15) is 0 Å². The van der Waals surface area contributed by atoms with Gasteiger partial charge >= 0.3 is 0 Å². The molecule has 16 aromatic rings. The molecule has 0 bridgehead atoms. The third kappa shape index (κ3) is 131. The van der Waals surface area contributed by atoms with Gasteiger partial charge in [-0.15, -0.1) is 0 Å². The summed E-state index contributed by atoms with van der Waals surface area (Å²) in [6, 6.07) is 64.0. The van der Waals surface area contributed by atoms with Crippen molar-refractivity contribution in [2.45, 2.75) is 277 Å². The normalized spacial score (nSPS) is 7.71. The Balaban J connectivity index is -0.000000119. The molecule has 12 aromatic heterocycles. The molecular formula is C112H176N24. The summed E-state index contributed by atoms with van der Waals surface area (Å²) < 4.78 is 0. The second kappa shape index (κ2) is 134. The van der Waals surface area contributed by atoms with Crippen molar-refractivity contribution in [2.24, 2.45) is 0 Å². The van der Waals surface area contributed by atoms with Crippen molar-refractivity contribution in [3.63, 3.8) is 0 Å². The molecule has 0 spiro atoms. The Morgan fingerprint density at radius 3 is 0.265 bits per heavy atom. The molecule has 0 N–H and O–H groups in total. The van der Waals surface area contributed by atoms with Gasteiger partial charge in [-0.25, -0.2) is 99.7 Å². The number of pyridine rings is 4. The summed E-state index contributed by atoms with van der Waals surface area (Å²) in [6.45, 7) is 79.2. The fraction of sp³-hybridized carbons (Fsp3) is 0.357. The molecule has 24 heteroatoms. The van der Waals surface area contributed by atoms with Gasteiger partial charge in [0, 0.05) is 99.1 Å². The largest absolute Gasteiger partial charge is 0.265 e. The van der Waals surface area contributed by atoms with Crippen LogP contribution < -0.4 is 0 Å². The van der Waals surface area contributed by atoms with Gasteiger partial charge < -0.3 is 0 Å². The minimum absolute atomic E-state index is 0.759. The molecule has 0 aliphatic carbocycles. The van der Waals surface area contributed by atoms with Gasteiger partial charge in [-0.1, -0.05) is 310 Å². The van der Waals surface area contributed by atoms with Crippen molar-refractivity contribution >= 4 is 0 Å². The monoisotopic (exact) mass is 1860 g/mol. The number of aromatic nitrogens is 24. The van der Waals surface area contributed by atoms with Gasteiger partial charge in [-0.2, -0.15) is 0 Å². The van der Waals surface area contributed by atoms with E-state index in [4.69, 9.17) is 0 Å². The first-order chi connectivity index (χ1) is 66.3. The quantitative estimate of drug-likeness (QED) is 0.136. The molecule has 0 aliphatic heterocycles. The number of nitrogens with zero attached hydrogens (tertiary/aromatic N) is 24. The van der Waals surface area contributed by atoms with Crippen LogP contribution in [0.25, 0.3) is 0 Å². The summed E-state index contributed by atoms with van der Waals surface area (Å²) in [4.78, 5) is 90.9. The van der Waals surface area contributed by atoms with Crippen LogP contribution >= 0.6 is 0 Å². The smallest absolute Gasteiger partial charge is 0.128 e. The number of hydrogen-bond donors (Lipinski definition) is 0. The predicted molar refractivity (Wildman–Crippen MR) is 582 cm³/mol. The Bertz CT molecular complexity index is 3370. The third-order valence-corrected chi connectivity index (χ3v) is 12.4. The molecule has 744 valence electrons. The van der Waals surface area contributed by atoms with Crippen LogP contribution in [0.3, 0.4) is 0 Å². The van der Waals surface area contributed by atoms with E-state index in [1.807, 2.05) is 371 Å². The minimum atomic E-state index is 0.759. The van der Waals surface area contributed by atoms with E-state index < -0.39 is 0 Å². The summed E-state index contributed by atoms with van der Waals surface area (Å²) in [5, 5.41) is 0. The van der Waals surface area contributed by atoms with Crippen LogP contribution in [0.1, 0.15) is 257 Å². The SMILES string of the molecule is CC.CC.CC.CC.CC.CC.CC.CC.CC.CC.CC.CC.Cc1ccccc1.Cc1ccccc1.Cc1ccccc1.Cc1ccccc1.Cc1ccncc1.Cc1ccncc1.Cc1ccncc1.Cc1ccncc1.Cc1ncccn1.Cc1ncccn1.Cc1ncccn1.Cc1ncccn1.Cc1ncncn1.Cc1ncncn1.Cc1ncncn1.Cc1ncncn1. The first-order valence-corrected chi connectivity index (χ1v) is 47.1. The van der Waals surface area contributed by atoms with Gasteiger partial charge in [-0.05, 0) is 206 Å². The fourth-order valence-electron chi connectivity index (χ4n) is 6.53. The molecule has 24 nitrogen and oxygen atoms in total. The Labute approximate surface area is 826 Å². The highest BCUT2D eigenvalue weighted by Crippen LogP contribution is 1.97. The lowest BCUT2D eigenvalue weighted by Crippen LogP contribution is -1.84. The molecule has 136 heavy (non-hydrogen) atoms. The summed E-state index contributed by atoms with van der Waals surface area (Å²) in [6.07, 6.45) is 39.9. The van der Waals surface area contributed by atoms with Crippen molar-refractivity contribution in [1.82, 2.24) is 120 Å².